The van der Waals surface area contributed by atoms with Crippen molar-refractivity contribution in [3.8, 4) is 5.75 Å². The summed E-state index contributed by atoms with van der Waals surface area (Å²) in [6.45, 7) is 0.127. The lowest BCUT2D eigenvalue weighted by Crippen LogP contribution is -2.40. The lowest BCUT2D eigenvalue weighted by molar-refractivity contribution is -0.139. The zero-order valence-electron chi connectivity index (χ0n) is 10.1. The van der Waals surface area contributed by atoms with E-state index in [2.05, 4.69) is 10.6 Å². The first-order valence-corrected chi connectivity index (χ1v) is 5.47. The van der Waals surface area contributed by atoms with Crippen LogP contribution < -0.4 is 15.4 Å². The van der Waals surface area contributed by atoms with Gasteiger partial charge in [0.25, 0.3) is 0 Å². The Morgan fingerprint density at radius 1 is 1.17 bits per heavy atom. The van der Waals surface area contributed by atoms with E-state index < -0.39 is 11.8 Å². The molecule has 0 heterocycles. The predicted octanol–water partition coefficient (Wildman–Crippen LogP) is -0.580. The summed E-state index contributed by atoms with van der Waals surface area (Å²) in [5.74, 6) is -0.748. The van der Waals surface area contributed by atoms with E-state index in [0.29, 0.717) is 0 Å². The maximum Gasteiger partial charge on any atom is 0.309 e. The summed E-state index contributed by atoms with van der Waals surface area (Å²) in [4.78, 5) is 22.5. The molecule has 2 amide bonds. The second kappa shape index (κ2) is 7.29. The highest BCUT2D eigenvalue weighted by molar-refractivity contribution is 6.35. The number of carbonyl (C=O) groups excluding carboxylic acids is 2. The number of aliphatic hydroxyl groups is 1. The number of aliphatic hydroxyl groups excluding tert-OH is 1. The highest BCUT2D eigenvalue weighted by Crippen LogP contribution is 2.10. The van der Waals surface area contributed by atoms with Crippen LogP contribution in [0.1, 0.15) is 5.56 Å². The van der Waals surface area contributed by atoms with Crippen LogP contribution in [0.2, 0.25) is 0 Å². The van der Waals surface area contributed by atoms with Gasteiger partial charge >= 0.3 is 11.8 Å². The number of hydrogen-bond donors (Lipinski definition) is 3. The van der Waals surface area contributed by atoms with Crippen LogP contribution in [0.5, 0.6) is 5.75 Å². The first-order chi connectivity index (χ1) is 8.67. The van der Waals surface area contributed by atoms with E-state index in [1.807, 2.05) is 0 Å². The summed E-state index contributed by atoms with van der Waals surface area (Å²) < 4.78 is 5.00. The quantitative estimate of drug-likeness (QED) is 0.612. The molecule has 0 saturated carbocycles. The van der Waals surface area contributed by atoms with Gasteiger partial charge in [-0.05, 0) is 17.7 Å². The highest BCUT2D eigenvalue weighted by Gasteiger charge is 2.11. The van der Waals surface area contributed by atoms with E-state index in [9.17, 15) is 9.59 Å². The molecule has 0 saturated heterocycles. The standard InChI is InChI=1S/C12H16N2O4/c1-18-10-4-2-9(3-5-10)8-14-12(17)11(16)13-6-7-15/h2-5,15H,6-8H2,1H3,(H,13,16)(H,14,17). The average Bonchev–Trinajstić information content (AvgIpc) is 2.42. The van der Waals surface area contributed by atoms with Crippen LogP contribution in [0.25, 0.3) is 0 Å². The van der Waals surface area contributed by atoms with Crippen molar-refractivity contribution >= 4 is 11.8 Å². The largest absolute Gasteiger partial charge is 0.497 e. The fourth-order valence-corrected chi connectivity index (χ4v) is 1.26. The number of amides is 2. The number of ether oxygens (including phenoxy) is 1. The van der Waals surface area contributed by atoms with Crippen LogP contribution in [0, 0.1) is 0 Å². The van der Waals surface area contributed by atoms with Gasteiger partial charge in [0.2, 0.25) is 0 Å². The molecule has 0 fully saturated rings. The lowest BCUT2D eigenvalue weighted by Gasteiger charge is -2.06. The van der Waals surface area contributed by atoms with E-state index in [-0.39, 0.29) is 19.7 Å². The lowest BCUT2D eigenvalue weighted by atomic mass is 10.2. The number of carbonyl (C=O) groups is 2. The minimum absolute atomic E-state index is 0.0643. The van der Waals surface area contributed by atoms with Crippen LogP contribution in [0.15, 0.2) is 24.3 Å². The number of nitrogens with one attached hydrogen (secondary N) is 2. The molecule has 6 heteroatoms. The molecule has 0 bridgehead atoms. The molecule has 0 aromatic heterocycles. The molecule has 0 spiro atoms. The molecule has 0 aliphatic carbocycles. The zero-order chi connectivity index (χ0) is 13.4. The van der Waals surface area contributed by atoms with Crippen LogP contribution >= 0.6 is 0 Å². The van der Waals surface area contributed by atoms with Crippen molar-refractivity contribution in [2.75, 3.05) is 20.3 Å². The van der Waals surface area contributed by atoms with Gasteiger partial charge in [0.1, 0.15) is 5.75 Å². The van der Waals surface area contributed by atoms with Crippen molar-refractivity contribution in [2.45, 2.75) is 6.54 Å². The summed E-state index contributed by atoms with van der Waals surface area (Å²) in [6, 6.07) is 7.14. The Hall–Kier alpha value is -2.08. The Morgan fingerprint density at radius 2 is 1.78 bits per heavy atom. The first kappa shape index (κ1) is 14.0. The van der Waals surface area contributed by atoms with Crippen molar-refractivity contribution in [3.63, 3.8) is 0 Å². The maximum absolute atomic E-state index is 11.3. The van der Waals surface area contributed by atoms with Crippen molar-refractivity contribution in [3.05, 3.63) is 29.8 Å². The third-order valence-corrected chi connectivity index (χ3v) is 2.22. The third-order valence-electron chi connectivity index (χ3n) is 2.22. The highest BCUT2D eigenvalue weighted by atomic mass is 16.5. The molecule has 0 aliphatic heterocycles. The van der Waals surface area contributed by atoms with Crippen molar-refractivity contribution in [1.29, 1.82) is 0 Å². The number of benzene rings is 1. The van der Waals surface area contributed by atoms with Crippen molar-refractivity contribution in [1.82, 2.24) is 10.6 Å². The Labute approximate surface area is 105 Å². The SMILES string of the molecule is COc1ccc(CNC(=O)C(=O)NCCO)cc1. The van der Waals surface area contributed by atoms with Crippen molar-refractivity contribution in [2.24, 2.45) is 0 Å². The molecule has 1 aromatic carbocycles. The van der Waals surface area contributed by atoms with Gasteiger partial charge in [0, 0.05) is 13.1 Å². The molecular weight excluding hydrogens is 236 g/mol. The molecule has 6 nitrogen and oxygen atoms in total. The topological polar surface area (TPSA) is 87.7 Å². The van der Waals surface area contributed by atoms with Gasteiger partial charge < -0.3 is 20.5 Å². The van der Waals surface area contributed by atoms with E-state index in [1.54, 1.807) is 31.4 Å². The number of rotatable bonds is 5. The second-order valence-corrected chi connectivity index (χ2v) is 3.51. The van der Waals surface area contributed by atoms with E-state index in [4.69, 9.17) is 9.84 Å². The van der Waals surface area contributed by atoms with Gasteiger partial charge in [-0.2, -0.15) is 0 Å². The summed E-state index contributed by atoms with van der Waals surface area (Å²) in [5.41, 5.74) is 0.860. The molecule has 1 rings (SSSR count). The zero-order valence-corrected chi connectivity index (χ0v) is 10.1. The number of hydrogen-bond acceptors (Lipinski definition) is 4. The molecule has 18 heavy (non-hydrogen) atoms. The van der Waals surface area contributed by atoms with Gasteiger partial charge in [-0.3, -0.25) is 9.59 Å². The monoisotopic (exact) mass is 252 g/mol. The fourth-order valence-electron chi connectivity index (χ4n) is 1.26. The summed E-state index contributed by atoms with van der Waals surface area (Å²) in [7, 11) is 1.57. The summed E-state index contributed by atoms with van der Waals surface area (Å²) >= 11 is 0. The van der Waals surface area contributed by atoms with Crippen LogP contribution in [0.3, 0.4) is 0 Å². The molecular formula is C12H16N2O4. The summed E-state index contributed by atoms with van der Waals surface area (Å²) in [6.07, 6.45) is 0. The third kappa shape index (κ3) is 4.42. The predicted molar refractivity (Wildman–Crippen MR) is 64.9 cm³/mol. The van der Waals surface area contributed by atoms with Gasteiger partial charge in [0.15, 0.2) is 0 Å². The Kier molecular flexibility index (Phi) is 5.66. The first-order valence-electron chi connectivity index (χ1n) is 5.47. The number of methoxy groups -OCH3 is 1. The van der Waals surface area contributed by atoms with Crippen molar-refractivity contribution < 1.29 is 19.4 Å². The molecule has 1 aromatic rings. The molecule has 3 N–H and O–H groups in total. The molecule has 98 valence electrons. The Bertz CT molecular complexity index is 403. The minimum Gasteiger partial charge on any atom is -0.497 e. The van der Waals surface area contributed by atoms with Gasteiger partial charge in [-0.25, -0.2) is 0 Å². The van der Waals surface area contributed by atoms with E-state index in [0.717, 1.165) is 11.3 Å². The maximum atomic E-state index is 11.3. The molecule has 0 atom stereocenters. The Balaban J connectivity index is 2.39. The van der Waals surface area contributed by atoms with Crippen LogP contribution in [-0.4, -0.2) is 37.2 Å². The van der Waals surface area contributed by atoms with Gasteiger partial charge in [-0.1, -0.05) is 12.1 Å². The minimum atomic E-state index is -0.752. The van der Waals surface area contributed by atoms with E-state index in [1.165, 1.54) is 0 Å². The van der Waals surface area contributed by atoms with Crippen LogP contribution in [0.4, 0.5) is 0 Å². The molecule has 0 unspecified atom stereocenters. The van der Waals surface area contributed by atoms with Gasteiger partial charge in [-0.15, -0.1) is 0 Å². The Morgan fingerprint density at radius 3 is 2.33 bits per heavy atom. The van der Waals surface area contributed by atoms with E-state index >= 15 is 0 Å². The van der Waals surface area contributed by atoms with Gasteiger partial charge in [0.05, 0.1) is 13.7 Å². The molecule has 0 aliphatic rings. The second-order valence-electron chi connectivity index (χ2n) is 3.51. The fraction of sp³-hybridized carbons (Fsp3) is 0.333. The average molecular weight is 252 g/mol. The molecule has 0 radical (unpaired) electrons. The summed E-state index contributed by atoms with van der Waals surface area (Å²) in [5, 5.41) is 13.2. The smallest absolute Gasteiger partial charge is 0.309 e. The van der Waals surface area contributed by atoms with Crippen LogP contribution in [-0.2, 0) is 16.1 Å². The normalized spacial score (nSPS) is 9.67.